The zero-order valence-electron chi connectivity index (χ0n) is 17.2. The van der Waals surface area contributed by atoms with Gasteiger partial charge in [0.2, 0.25) is 0 Å². The lowest BCUT2D eigenvalue weighted by Crippen LogP contribution is -2.39. The third-order valence-corrected chi connectivity index (χ3v) is 5.36. The molecule has 28 heavy (non-hydrogen) atoms. The number of rotatable bonds is 4. The largest absolute Gasteiger partial charge is 0.338 e. The highest BCUT2D eigenvalue weighted by Gasteiger charge is 2.23. The van der Waals surface area contributed by atoms with E-state index in [2.05, 4.69) is 31.1 Å². The maximum Gasteiger partial charge on any atom is 0.257 e. The van der Waals surface area contributed by atoms with Gasteiger partial charge in [0.05, 0.1) is 11.1 Å². The van der Waals surface area contributed by atoms with Crippen molar-refractivity contribution in [3.63, 3.8) is 0 Å². The summed E-state index contributed by atoms with van der Waals surface area (Å²) in [6.45, 7) is 9.87. The molecule has 2 amide bonds. The molecule has 0 radical (unpaired) electrons. The molecule has 0 bridgehead atoms. The first kappa shape index (κ1) is 20.1. The number of amides is 2. The number of hydrogen-bond acceptors (Lipinski definition) is 3. The van der Waals surface area contributed by atoms with Crippen molar-refractivity contribution in [1.82, 2.24) is 9.88 Å². The molecular weight excluding hydrogens is 350 g/mol. The third kappa shape index (κ3) is 4.41. The highest BCUT2D eigenvalue weighted by Crippen LogP contribution is 2.28. The normalized spacial score (nSPS) is 16.9. The van der Waals surface area contributed by atoms with Gasteiger partial charge in [0.15, 0.2) is 0 Å². The van der Waals surface area contributed by atoms with E-state index in [9.17, 15) is 9.59 Å². The van der Waals surface area contributed by atoms with Crippen LogP contribution in [-0.2, 0) is 0 Å². The van der Waals surface area contributed by atoms with Gasteiger partial charge >= 0.3 is 0 Å². The zero-order valence-corrected chi connectivity index (χ0v) is 17.2. The molecule has 148 valence electrons. The number of carbonyl (C=O) groups excluding carboxylic acids is 2. The standard InChI is InChI=1S/C23H29N3O2/c1-15(2)20-9-5-8-17(4)21(20)25-22(27)18-11-19(13-24-12-18)23(28)26-10-6-7-16(3)14-26/h5,8-9,11-13,15-16H,6-7,10,14H2,1-4H3,(H,25,27). The minimum absolute atomic E-state index is 0.0486. The van der Waals surface area contributed by atoms with Crippen molar-refractivity contribution in [3.05, 3.63) is 58.9 Å². The Kier molecular flexibility index (Phi) is 6.12. The Morgan fingerprint density at radius 1 is 1.21 bits per heavy atom. The van der Waals surface area contributed by atoms with Crippen LogP contribution in [0.5, 0.6) is 0 Å². The molecule has 0 spiro atoms. The number of benzene rings is 1. The van der Waals surface area contributed by atoms with Gasteiger partial charge in [0.25, 0.3) is 11.8 Å². The van der Waals surface area contributed by atoms with E-state index >= 15 is 0 Å². The molecule has 1 aromatic carbocycles. The maximum atomic E-state index is 12.9. The van der Waals surface area contributed by atoms with E-state index in [-0.39, 0.29) is 11.8 Å². The van der Waals surface area contributed by atoms with Gasteiger partial charge < -0.3 is 10.2 Å². The first-order valence-electron chi connectivity index (χ1n) is 10.0. The number of hydrogen-bond donors (Lipinski definition) is 1. The number of piperidine rings is 1. The van der Waals surface area contributed by atoms with E-state index in [4.69, 9.17) is 0 Å². The average molecular weight is 380 g/mol. The Hall–Kier alpha value is -2.69. The van der Waals surface area contributed by atoms with Crippen molar-refractivity contribution in [3.8, 4) is 0 Å². The van der Waals surface area contributed by atoms with Crippen LogP contribution in [0, 0.1) is 12.8 Å². The molecule has 0 aliphatic carbocycles. The van der Waals surface area contributed by atoms with Gasteiger partial charge in [0.1, 0.15) is 0 Å². The minimum Gasteiger partial charge on any atom is -0.338 e. The van der Waals surface area contributed by atoms with E-state index in [0.717, 1.165) is 42.7 Å². The highest BCUT2D eigenvalue weighted by atomic mass is 16.2. The topological polar surface area (TPSA) is 62.3 Å². The molecule has 2 aromatic rings. The van der Waals surface area contributed by atoms with E-state index < -0.39 is 0 Å². The summed E-state index contributed by atoms with van der Waals surface area (Å²) in [5.74, 6) is 0.507. The second-order valence-electron chi connectivity index (χ2n) is 8.11. The monoisotopic (exact) mass is 379 g/mol. The van der Waals surface area contributed by atoms with Gasteiger partial charge in [-0.2, -0.15) is 0 Å². The van der Waals surface area contributed by atoms with Crippen molar-refractivity contribution in [2.45, 2.75) is 46.5 Å². The molecule has 1 unspecified atom stereocenters. The fraction of sp³-hybridized carbons (Fsp3) is 0.435. The van der Waals surface area contributed by atoms with Crippen LogP contribution in [0.25, 0.3) is 0 Å². The Morgan fingerprint density at radius 2 is 1.96 bits per heavy atom. The summed E-state index contributed by atoms with van der Waals surface area (Å²) in [6.07, 6.45) is 5.23. The van der Waals surface area contributed by atoms with Crippen molar-refractivity contribution >= 4 is 17.5 Å². The SMILES string of the molecule is Cc1cccc(C(C)C)c1NC(=O)c1cncc(C(=O)N2CCCC(C)C2)c1. The fourth-order valence-electron chi connectivity index (χ4n) is 3.77. The number of pyridine rings is 1. The summed E-state index contributed by atoms with van der Waals surface area (Å²) in [5, 5.41) is 3.03. The van der Waals surface area contributed by atoms with Crippen molar-refractivity contribution < 1.29 is 9.59 Å². The van der Waals surface area contributed by atoms with Crippen LogP contribution < -0.4 is 5.32 Å². The number of likely N-dealkylation sites (tertiary alicyclic amines) is 1. The van der Waals surface area contributed by atoms with Gasteiger partial charge in [-0.05, 0) is 48.8 Å². The number of anilines is 1. The first-order chi connectivity index (χ1) is 13.4. The summed E-state index contributed by atoms with van der Waals surface area (Å²) in [5.41, 5.74) is 3.81. The van der Waals surface area contributed by atoms with Crippen molar-refractivity contribution in [1.29, 1.82) is 0 Å². The first-order valence-corrected chi connectivity index (χ1v) is 10.0. The van der Waals surface area contributed by atoms with Crippen molar-refractivity contribution in [2.75, 3.05) is 18.4 Å². The van der Waals surface area contributed by atoms with Crippen LogP contribution >= 0.6 is 0 Å². The van der Waals surface area contributed by atoms with E-state index in [0.29, 0.717) is 23.0 Å². The van der Waals surface area contributed by atoms with Crippen LogP contribution in [0.2, 0.25) is 0 Å². The Labute approximate surface area is 167 Å². The summed E-state index contributed by atoms with van der Waals surface area (Å²) in [6, 6.07) is 7.66. The maximum absolute atomic E-state index is 12.9. The van der Waals surface area contributed by atoms with Gasteiger partial charge in [0, 0.05) is 31.2 Å². The van der Waals surface area contributed by atoms with Crippen LogP contribution in [0.3, 0.4) is 0 Å². The Balaban J connectivity index is 1.81. The van der Waals surface area contributed by atoms with Gasteiger partial charge in [-0.3, -0.25) is 14.6 Å². The minimum atomic E-state index is -0.245. The molecule has 3 rings (SSSR count). The zero-order chi connectivity index (χ0) is 20.3. The second-order valence-corrected chi connectivity index (χ2v) is 8.11. The van der Waals surface area contributed by atoms with Crippen LogP contribution in [-0.4, -0.2) is 34.8 Å². The molecule has 1 aliphatic heterocycles. The van der Waals surface area contributed by atoms with Gasteiger partial charge in [-0.25, -0.2) is 0 Å². The Morgan fingerprint density at radius 3 is 2.68 bits per heavy atom. The van der Waals surface area contributed by atoms with Crippen LogP contribution in [0.4, 0.5) is 5.69 Å². The molecule has 5 nitrogen and oxygen atoms in total. The van der Waals surface area contributed by atoms with Gasteiger partial charge in [-0.1, -0.05) is 39.0 Å². The van der Waals surface area contributed by atoms with E-state index in [1.54, 1.807) is 12.3 Å². The third-order valence-electron chi connectivity index (χ3n) is 5.36. The number of carbonyl (C=O) groups is 2. The summed E-state index contributed by atoms with van der Waals surface area (Å²) in [7, 11) is 0. The van der Waals surface area contributed by atoms with Gasteiger partial charge in [-0.15, -0.1) is 0 Å². The predicted octanol–water partition coefficient (Wildman–Crippen LogP) is 4.64. The lowest BCUT2D eigenvalue weighted by atomic mass is 9.98. The molecular formula is C23H29N3O2. The molecule has 1 atom stereocenters. The summed E-state index contributed by atoms with van der Waals surface area (Å²) >= 11 is 0. The number of para-hydroxylation sites is 1. The number of aryl methyl sites for hydroxylation is 1. The van der Waals surface area contributed by atoms with E-state index in [1.807, 2.05) is 30.0 Å². The van der Waals surface area contributed by atoms with Crippen LogP contribution in [0.1, 0.15) is 71.4 Å². The highest BCUT2D eigenvalue weighted by molar-refractivity contribution is 6.06. The summed E-state index contributed by atoms with van der Waals surface area (Å²) < 4.78 is 0. The fourth-order valence-corrected chi connectivity index (χ4v) is 3.77. The number of nitrogens with zero attached hydrogens (tertiary/aromatic N) is 2. The quantitative estimate of drug-likeness (QED) is 0.842. The molecule has 1 aliphatic rings. The molecule has 1 saturated heterocycles. The summed E-state index contributed by atoms with van der Waals surface area (Å²) in [4.78, 5) is 31.7. The number of nitrogens with one attached hydrogen (secondary N) is 1. The average Bonchev–Trinajstić information content (AvgIpc) is 2.68. The molecule has 1 aromatic heterocycles. The van der Waals surface area contributed by atoms with Crippen molar-refractivity contribution in [2.24, 2.45) is 5.92 Å². The lowest BCUT2D eigenvalue weighted by Gasteiger charge is -2.31. The molecule has 0 saturated carbocycles. The smallest absolute Gasteiger partial charge is 0.257 e. The number of aromatic nitrogens is 1. The molecule has 1 fully saturated rings. The van der Waals surface area contributed by atoms with Crippen LogP contribution in [0.15, 0.2) is 36.7 Å². The Bertz CT molecular complexity index is 876. The van der Waals surface area contributed by atoms with E-state index in [1.165, 1.54) is 6.20 Å². The molecule has 5 heteroatoms. The molecule has 2 heterocycles. The predicted molar refractivity (Wildman–Crippen MR) is 112 cm³/mol. The second kappa shape index (κ2) is 8.55. The lowest BCUT2D eigenvalue weighted by molar-refractivity contribution is 0.0682. The molecule has 1 N–H and O–H groups in total.